The van der Waals surface area contributed by atoms with Gasteiger partial charge in [0.25, 0.3) is 0 Å². The lowest BCUT2D eigenvalue weighted by molar-refractivity contribution is -0.116. The molecule has 0 aliphatic carbocycles. The molecule has 1 amide bonds. The van der Waals surface area contributed by atoms with Crippen molar-refractivity contribution in [2.45, 2.75) is 6.54 Å². The van der Waals surface area contributed by atoms with E-state index in [9.17, 15) is 9.18 Å². The maximum absolute atomic E-state index is 13.0. The number of halogens is 1. The van der Waals surface area contributed by atoms with Crippen molar-refractivity contribution in [2.75, 3.05) is 18.2 Å². The summed E-state index contributed by atoms with van der Waals surface area (Å²) >= 11 is 0. The van der Waals surface area contributed by atoms with E-state index in [1.54, 1.807) is 6.20 Å². The topological polar surface area (TPSA) is 82.2 Å². The fraction of sp³-hybridized carbons (Fsp3) is 0.167. The molecule has 0 aliphatic heterocycles. The van der Waals surface area contributed by atoms with Crippen LogP contribution >= 0.6 is 0 Å². The minimum absolute atomic E-state index is 0.0116. The highest BCUT2D eigenvalue weighted by Gasteiger charge is 2.09. The summed E-state index contributed by atoms with van der Waals surface area (Å²) in [5, 5.41) is 6.51. The Kier molecular flexibility index (Phi) is 3.65. The van der Waals surface area contributed by atoms with Gasteiger partial charge in [-0.15, -0.1) is 0 Å². The van der Waals surface area contributed by atoms with Gasteiger partial charge >= 0.3 is 0 Å². The first-order chi connectivity index (χ1) is 9.08. The van der Waals surface area contributed by atoms with Gasteiger partial charge in [0, 0.05) is 12.3 Å². The minimum Gasteiger partial charge on any atom is -0.494 e. The second-order valence-electron chi connectivity index (χ2n) is 3.86. The second kappa shape index (κ2) is 5.38. The average Bonchev–Trinajstić information content (AvgIpc) is 2.76. The number of hydrogen-bond donors (Lipinski definition) is 2. The van der Waals surface area contributed by atoms with Crippen molar-refractivity contribution in [1.82, 2.24) is 9.78 Å². The molecule has 0 spiro atoms. The molecule has 0 bridgehead atoms. The summed E-state index contributed by atoms with van der Waals surface area (Å²) in [6.07, 6.45) is 2.99. The number of nitrogens with zero attached hydrogens (tertiary/aromatic N) is 2. The van der Waals surface area contributed by atoms with E-state index < -0.39 is 5.82 Å². The van der Waals surface area contributed by atoms with E-state index in [2.05, 4.69) is 10.4 Å². The van der Waals surface area contributed by atoms with Crippen LogP contribution in [0.2, 0.25) is 0 Å². The molecule has 0 radical (unpaired) electrons. The van der Waals surface area contributed by atoms with Crippen LogP contribution in [0.25, 0.3) is 0 Å². The van der Waals surface area contributed by atoms with Crippen LogP contribution < -0.4 is 15.8 Å². The number of rotatable bonds is 4. The molecule has 100 valence electrons. The van der Waals surface area contributed by atoms with Crippen LogP contribution in [0, 0.1) is 5.82 Å². The third kappa shape index (κ3) is 3.21. The molecule has 0 aliphatic rings. The molecule has 7 heteroatoms. The molecule has 0 unspecified atom stereocenters. The van der Waals surface area contributed by atoms with Gasteiger partial charge in [0.1, 0.15) is 18.1 Å². The fourth-order valence-corrected chi connectivity index (χ4v) is 1.57. The molecule has 0 fully saturated rings. The summed E-state index contributed by atoms with van der Waals surface area (Å²) in [4.78, 5) is 11.8. The summed E-state index contributed by atoms with van der Waals surface area (Å²) in [5.41, 5.74) is 6.37. The third-order valence-corrected chi connectivity index (χ3v) is 2.40. The lowest BCUT2D eigenvalue weighted by Gasteiger charge is -2.10. The zero-order valence-electron chi connectivity index (χ0n) is 10.3. The van der Waals surface area contributed by atoms with Crippen molar-refractivity contribution in [3.8, 4) is 5.75 Å². The van der Waals surface area contributed by atoms with Crippen LogP contribution in [0.1, 0.15) is 0 Å². The van der Waals surface area contributed by atoms with Crippen molar-refractivity contribution >= 4 is 17.3 Å². The number of ether oxygens (including phenoxy) is 1. The van der Waals surface area contributed by atoms with Gasteiger partial charge in [0.15, 0.2) is 0 Å². The van der Waals surface area contributed by atoms with E-state index in [4.69, 9.17) is 10.5 Å². The Morgan fingerprint density at radius 1 is 1.58 bits per heavy atom. The molecule has 1 heterocycles. The van der Waals surface area contributed by atoms with E-state index >= 15 is 0 Å². The standard InChI is InChI=1S/C12H13FN4O2/c1-19-11-4-8(13)2-3-10(11)16-12(18)7-17-6-9(14)5-15-17/h2-6H,7,14H2,1H3,(H,16,18). The van der Waals surface area contributed by atoms with E-state index in [1.165, 1.54) is 36.2 Å². The molecule has 0 atom stereocenters. The van der Waals surface area contributed by atoms with Gasteiger partial charge in [-0.3, -0.25) is 9.48 Å². The van der Waals surface area contributed by atoms with Gasteiger partial charge in [-0.25, -0.2) is 4.39 Å². The molecule has 19 heavy (non-hydrogen) atoms. The highest BCUT2D eigenvalue weighted by Crippen LogP contribution is 2.24. The number of nitrogen functional groups attached to an aromatic ring is 1. The van der Waals surface area contributed by atoms with Crippen molar-refractivity contribution < 1.29 is 13.9 Å². The number of carbonyl (C=O) groups is 1. The van der Waals surface area contributed by atoms with Gasteiger partial charge in [0.2, 0.25) is 5.91 Å². The number of methoxy groups -OCH3 is 1. The first-order valence-electron chi connectivity index (χ1n) is 5.50. The van der Waals surface area contributed by atoms with Crippen LogP contribution in [0.4, 0.5) is 15.8 Å². The Morgan fingerprint density at radius 3 is 3.00 bits per heavy atom. The molecule has 2 rings (SSSR count). The quantitative estimate of drug-likeness (QED) is 0.870. The first-order valence-corrected chi connectivity index (χ1v) is 5.50. The summed E-state index contributed by atoms with van der Waals surface area (Å²) in [6.45, 7) is 0.0116. The minimum atomic E-state index is -0.435. The largest absolute Gasteiger partial charge is 0.494 e. The Balaban J connectivity index is 2.06. The number of aromatic nitrogens is 2. The molecular weight excluding hydrogens is 251 g/mol. The van der Waals surface area contributed by atoms with E-state index in [0.29, 0.717) is 11.4 Å². The highest BCUT2D eigenvalue weighted by atomic mass is 19.1. The SMILES string of the molecule is COc1cc(F)ccc1NC(=O)Cn1cc(N)cn1. The Labute approximate surface area is 109 Å². The van der Waals surface area contributed by atoms with Crippen LogP contribution in [0.5, 0.6) is 5.75 Å². The second-order valence-corrected chi connectivity index (χ2v) is 3.86. The van der Waals surface area contributed by atoms with E-state index in [0.717, 1.165) is 0 Å². The first kappa shape index (κ1) is 12.9. The zero-order chi connectivity index (χ0) is 13.8. The lowest BCUT2D eigenvalue weighted by atomic mass is 10.3. The number of nitrogens with two attached hydrogens (primary N) is 1. The highest BCUT2D eigenvalue weighted by molar-refractivity contribution is 5.92. The zero-order valence-corrected chi connectivity index (χ0v) is 10.3. The summed E-state index contributed by atoms with van der Waals surface area (Å²) in [7, 11) is 1.40. The third-order valence-electron chi connectivity index (χ3n) is 2.40. The number of anilines is 2. The molecule has 2 aromatic rings. The van der Waals surface area contributed by atoms with Gasteiger partial charge in [-0.05, 0) is 12.1 Å². The van der Waals surface area contributed by atoms with Crippen molar-refractivity contribution in [1.29, 1.82) is 0 Å². The van der Waals surface area contributed by atoms with Crippen LogP contribution in [0.3, 0.4) is 0 Å². The van der Waals surface area contributed by atoms with Crippen molar-refractivity contribution in [2.24, 2.45) is 0 Å². The maximum atomic E-state index is 13.0. The monoisotopic (exact) mass is 264 g/mol. The molecule has 0 saturated heterocycles. The number of amides is 1. The molecule has 1 aromatic carbocycles. The Hall–Kier alpha value is -2.57. The Bertz CT molecular complexity index is 597. The van der Waals surface area contributed by atoms with Crippen LogP contribution in [-0.4, -0.2) is 22.8 Å². The number of benzene rings is 1. The normalized spacial score (nSPS) is 10.2. The maximum Gasteiger partial charge on any atom is 0.246 e. The van der Waals surface area contributed by atoms with E-state index in [1.807, 2.05) is 0 Å². The number of nitrogens with one attached hydrogen (secondary N) is 1. The van der Waals surface area contributed by atoms with Gasteiger partial charge < -0.3 is 15.8 Å². The lowest BCUT2D eigenvalue weighted by Crippen LogP contribution is -2.19. The molecule has 3 N–H and O–H groups in total. The van der Waals surface area contributed by atoms with Gasteiger partial charge in [-0.2, -0.15) is 5.10 Å². The summed E-state index contributed by atoms with van der Waals surface area (Å²) in [6, 6.07) is 3.87. The molecule has 1 aromatic heterocycles. The summed E-state index contributed by atoms with van der Waals surface area (Å²) < 4.78 is 19.4. The van der Waals surface area contributed by atoms with Crippen LogP contribution in [-0.2, 0) is 11.3 Å². The predicted octanol–water partition coefficient (Wildman–Crippen LogP) is 1.25. The predicted molar refractivity (Wildman–Crippen MR) is 68.2 cm³/mol. The molecule has 0 saturated carbocycles. The smallest absolute Gasteiger partial charge is 0.246 e. The number of carbonyl (C=O) groups excluding carboxylic acids is 1. The summed E-state index contributed by atoms with van der Waals surface area (Å²) in [5.74, 6) is -0.490. The van der Waals surface area contributed by atoms with Crippen molar-refractivity contribution in [3.63, 3.8) is 0 Å². The molecular formula is C12H13FN4O2. The average molecular weight is 264 g/mol. The van der Waals surface area contributed by atoms with Gasteiger partial charge in [-0.1, -0.05) is 0 Å². The van der Waals surface area contributed by atoms with Crippen LogP contribution in [0.15, 0.2) is 30.6 Å². The Morgan fingerprint density at radius 2 is 2.37 bits per heavy atom. The van der Waals surface area contributed by atoms with E-state index in [-0.39, 0.29) is 18.2 Å². The van der Waals surface area contributed by atoms with Gasteiger partial charge in [0.05, 0.1) is 24.7 Å². The number of hydrogen-bond acceptors (Lipinski definition) is 4. The van der Waals surface area contributed by atoms with Crippen molar-refractivity contribution in [3.05, 3.63) is 36.4 Å². The fourth-order valence-electron chi connectivity index (χ4n) is 1.57. The molecule has 6 nitrogen and oxygen atoms in total.